The average Bonchev–Trinajstić information content (AvgIpc) is 2.52. The van der Waals surface area contributed by atoms with Crippen molar-refractivity contribution < 1.29 is 18.3 Å². The van der Waals surface area contributed by atoms with Gasteiger partial charge < -0.3 is 10.4 Å². The maximum absolute atomic E-state index is 12.3. The van der Waals surface area contributed by atoms with Gasteiger partial charge in [-0.25, -0.2) is 13.2 Å². The summed E-state index contributed by atoms with van der Waals surface area (Å²) in [5.41, 5.74) is 2.60. The molecule has 6 heteroatoms. The molecule has 0 amide bonds. The van der Waals surface area contributed by atoms with Crippen LogP contribution in [0.2, 0.25) is 0 Å². The number of aromatic carboxylic acids is 1. The van der Waals surface area contributed by atoms with E-state index >= 15 is 0 Å². The summed E-state index contributed by atoms with van der Waals surface area (Å²) in [5.74, 6) is -0.975. The van der Waals surface area contributed by atoms with Crippen LogP contribution in [-0.4, -0.2) is 24.2 Å². The van der Waals surface area contributed by atoms with Gasteiger partial charge in [0.25, 0.3) is 0 Å². The van der Waals surface area contributed by atoms with E-state index in [9.17, 15) is 13.2 Å². The quantitative estimate of drug-likeness (QED) is 0.819. The van der Waals surface area contributed by atoms with Gasteiger partial charge in [-0.1, -0.05) is 24.3 Å². The van der Waals surface area contributed by atoms with E-state index in [1.54, 1.807) is 45.0 Å². The SMILES string of the molecule is CC(C)(C)S(=O)(=O)Cc1cccc(NCc2cccc(C(=O)O)c2)c1. The molecule has 0 radical (unpaired) electrons. The molecule has 0 unspecified atom stereocenters. The summed E-state index contributed by atoms with van der Waals surface area (Å²) in [5, 5.41) is 12.2. The minimum atomic E-state index is -3.24. The van der Waals surface area contributed by atoms with Crippen LogP contribution in [0.3, 0.4) is 0 Å². The molecular weight excluding hydrogens is 338 g/mol. The van der Waals surface area contributed by atoms with Crippen LogP contribution in [0, 0.1) is 0 Å². The van der Waals surface area contributed by atoms with Gasteiger partial charge in [0, 0.05) is 12.2 Å². The maximum atomic E-state index is 12.3. The second-order valence-electron chi connectivity index (χ2n) is 6.93. The lowest BCUT2D eigenvalue weighted by Gasteiger charge is -2.19. The van der Waals surface area contributed by atoms with E-state index in [-0.39, 0.29) is 11.3 Å². The molecular formula is C19H23NO4S. The van der Waals surface area contributed by atoms with Crippen LogP contribution in [0.5, 0.6) is 0 Å². The Morgan fingerprint density at radius 1 is 1.04 bits per heavy atom. The van der Waals surface area contributed by atoms with Gasteiger partial charge in [-0.05, 0) is 56.2 Å². The molecule has 0 atom stereocenters. The minimum absolute atomic E-state index is 0.0134. The minimum Gasteiger partial charge on any atom is -0.478 e. The molecule has 2 aromatic carbocycles. The topological polar surface area (TPSA) is 83.5 Å². The fraction of sp³-hybridized carbons (Fsp3) is 0.316. The van der Waals surface area contributed by atoms with Gasteiger partial charge in [-0.15, -0.1) is 0 Å². The van der Waals surface area contributed by atoms with Gasteiger partial charge in [0.05, 0.1) is 16.1 Å². The average molecular weight is 361 g/mol. The van der Waals surface area contributed by atoms with Crippen molar-refractivity contribution >= 4 is 21.5 Å². The lowest BCUT2D eigenvalue weighted by molar-refractivity contribution is 0.0696. The molecule has 2 rings (SSSR count). The second kappa shape index (κ2) is 7.27. The third-order valence-corrected chi connectivity index (χ3v) is 6.47. The fourth-order valence-electron chi connectivity index (χ4n) is 2.23. The molecule has 0 aromatic heterocycles. The molecule has 0 heterocycles. The van der Waals surface area contributed by atoms with Crippen LogP contribution in [0.1, 0.15) is 42.3 Å². The second-order valence-corrected chi connectivity index (χ2v) is 9.67. The Bertz CT molecular complexity index is 867. The summed E-state index contributed by atoms with van der Waals surface area (Å²) < 4.78 is 23.9. The predicted octanol–water partition coefficient (Wildman–Crippen LogP) is 3.71. The number of carboxylic acid groups (broad SMARTS) is 1. The van der Waals surface area contributed by atoms with E-state index in [0.29, 0.717) is 6.54 Å². The molecule has 0 aliphatic heterocycles. The number of rotatable bonds is 6. The highest BCUT2D eigenvalue weighted by molar-refractivity contribution is 7.91. The Morgan fingerprint density at radius 2 is 1.68 bits per heavy atom. The van der Waals surface area contributed by atoms with E-state index < -0.39 is 20.6 Å². The Morgan fingerprint density at radius 3 is 2.32 bits per heavy atom. The Kier molecular flexibility index (Phi) is 5.52. The normalized spacial score (nSPS) is 12.0. The third-order valence-electron chi connectivity index (χ3n) is 3.89. The van der Waals surface area contributed by atoms with E-state index in [2.05, 4.69) is 5.32 Å². The molecule has 2 aromatic rings. The van der Waals surface area contributed by atoms with Gasteiger partial charge in [0.2, 0.25) is 0 Å². The number of carboxylic acids is 1. The van der Waals surface area contributed by atoms with Crippen LogP contribution in [0.4, 0.5) is 5.69 Å². The van der Waals surface area contributed by atoms with Crippen molar-refractivity contribution in [1.29, 1.82) is 0 Å². The summed E-state index contributed by atoms with van der Waals surface area (Å²) in [6.45, 7) is 5.54. The van der Waals surface area contributed by atoms with Crippen LogP contribution in [-0.2, 0) is 22.1 Å². The van der Waals surface area contributed by atoms with Crippen molar-refractivity contribution in [2.45, 2.75) is 37.8 Å². The standard InChI is InChI=1S/C19H23NO4S/c1-19(2,3)25(23,24)13-15-7-5-9-17(11-15)20-12-14-6-4-8-16(10-14)18(21)22/h4-11,20H,12-13H2,1-3H3,(H,21,22). The Balaban J connectivity index is 2.10. The number of nitrogens with one attached hydrogen (secondary N) is 1. The third kappa shape index (κ3) is 5.06. The fourth-order valence-corrected chi connectivity index (χ4v) is 3.28. The van der Waals surface area contributed by atoms with Crippen LogP contribution < -0.4 is 5.32 Å². The van der Waals surface area contributed by atoms with Crippen molar-refractivity contribution in [3.05, 3.63) is 65.2 Å². The van der Waals surface area contributed by atoms with Crippen LogP contribution >= 0.6 is 0 Å². The first kappa shape index (κ1) is 19.0. The number of anilines is 1. The molecule has 134 valence electrons. The predicted molar refractivity (Wildman–Crippen MR) is 99.5 cm³/mol. The summed E-state index contributed by atoms with van der Waals surface area (Å²) in [6, 6.07) is 14.0. The lowest BCUT2D eigenvalue weighted by Crippen LogP contribution is -2.29. The van der Waals surface area contributed by atoms with E-state index in [1.807, 2.05) is 24.3 Å². The van der Waals surface area contributed by atoms with Crippen molar-refractivity contribution in [3.63, 3.8) is 0 Å². The molecule has 0 fully saturated rings. The van der Waals surface area contributed by atoms with Crippen LogP contribution in [0.25, 0.3) is 0 Å². The van der Waals surface area contributed by atoms with Gasteiger partial charge in [-0.2, -0.15) is 0 Å². The molecule has 5 nitrogen and oxygen atoms in total. The molecule has 0 aliphatic carbocycles. The first-order chi connectivity index (χ1) is 11.6. The zero-order chi connectivity index (χ0) is 18.7. The smallest absolute Gasteiger partial charge is 0.335 e. The zero-order valence-corrected chi connectivity index (χ0v) is 15.4. The Labute approximate surface area is 148 Å². The van der Waals surface area contributed by atoms with E-state index in [0.717, 1.165) is 16.8 Å². The first-order valence-corrected chi connectivity index (χ1v) is 9.61. The highest BCUT2D eigenvalue weighted by Crippen LogP contribution is 2.22. The van der Waals surface area contributed by atoms with Gasteiger partial charge in [0.1, 0.15) is 0 Å². The van der Waals surface area contributed by atoms with Gasteiger partial charge in [-0.3, -0.25) is 0 Å². The van der Waals surface area contributed by atoms with Crippen molar-refractivity contribution in [2.24, 2.45) is 0 Å². The number of hydrogen-bond acceptors (Lipinski definition) is 4. The summed E-state index contributed by atoms with van der Waals surface area (Å²) in [4.78, 5) is 11.0. The number of hydrogen-bond donors (Lipinski definition) is 2. The molecule has 0 aliphatic rings. The highest BCUT2D eigenvalue weighted by Gasteiger charge is 2.28. The monoisotopic (exact) mass is 361 g/mol. The molecule has 0 spiro atoms. The molecule has 2 N–H and O–H groups in total. The summed E-state index contributed by atoms with van der Waals surface area (Å²) in [7, 11) is -3.24. The van der Waals surface area contributed by atoms with Crippen LogP contribution in [0.15, 0.2) is 48.5 Å². The van der Waals surface area contributed by atoms with Crippen molar-refractivity contribution in [1.82, 2.24) is 0 Å². The molecule has 25 heavy (non-hydrogen) atoms. The molecule has 0 bridgehead atoms. The summed E-state index contributed by atoms with van der Waals surface area (Å²) in [6.07, 6.45) is 0. The zero-order valence-electron chi connectivity index (χ0n) is 14.6. The lowest BCUT2D eigenvalue weighted by atomic mass is 10.1. The summed E-state index contributed by atoms with van der Waals surface area (Å²) >= 11 is 0. The van der Waals surface area contributed by atoms with Crippen molar-refractivity contribution in [2.75, 3.05) is 5.32 Å². The van der Waals surface area contributed by atoms with Gasteiger partial charge >= 0.3 is 5.97 Å². The largest absolute Gasteiger partial charge is 0.478 e. The number of benzene rings is 2. The van der Waals surface area contributed by atoms with Gasteiger partial charge in [0.15, 0.2) is 9.84 Å². The molecule has 0 saturated carbocycles. The Hall–Kier alpha value is -2.34. The first-order valence-electron chi connectivity index (χ1n) is 7.96. The number of carbonyl (C=O) groups is 1. The van der Waals surface area contributed by atoms with E-state index in [4.69, 9.17) is 5.11 Å². The van der Waals surface area contributed by atoms with Crippen molar-refractivity contribution in [3.8, 4) is 0 Å². The van der Waals surface area contributed by atoms with E-state index in [1.165, 1.54) is 0 Å². The highest BCUT2D eigenvalue weighted by atomic mass is 32.2. The maximum Gasteiger partial charge on any atom is 0.335 e. The number of sulfone groups is 1. The molecule has 0 saturated heterocycles.